The van der Waals surface area contributed by atoms with Crippen LogP contribution in [0.15, 0.2) is 72.3 Å². The molecule has 1 unspecified atom stereocenters. The summed E-state index contributed by atoms with van der Waals surface area (Å²) in [5.41, 5.74) is 5.10. The van der Waals surface area contributed by atoms with Crippen LogP contribution >= 0.6 is 0 Å². The Morgan fingerprint density at radius 3 is 2.29 bits per heavy atom. The van der Waals surface area contributed by atoms with Gasteiger partial charge in [-0.2, -0.15) is 0 Å². The van der Waals surface area contributed by atoms with Crippen LogP contribution in [-0.4, -0.2) is 5.78 Å². The average molecular weight is 316 g/mol. The number of benzene rings is 2. The van der Waals surface area contributed by atoms with Gasteiger partial charge in [-0.25, -0.2) is 0 Å². The Morgan fingerprint density at radius 2 is 1.71 bits per heavy atom. The van der Waals surface area contributed by atoms with Gasteiger partial charge in [-0.15, -0.1) is 0 Å². The summed E-state index contributed by atoms with van der Waals surface area (Å²) >= 11 is 0. The molecule has 1 heteroatoms. The van der Waals surface area contributed by atoms with Crippen molar-refractivity contribution in [3.8, 4) is 0 Å². The molecule has 0 fully saturated rings. The summed E-state index contributed by atoms with van der Waals surface area (Å²) in [7, 11) is 0. The monoisotopic (exact) mass is 316 g/mol. The second-order valence-electron chi connectivity index (χ2n) is 7.54. The first kappa shape index (κ1) is 16.4. The number of carbonyl (C=O) groups is 1. The van der Waals surface area contributed by atoms with Crippen LogP contribution in [0.25, 0.3) is 0 Å². The van der Waals surface area contributed by atoms with Crippen LogP contribution in [0.5, 0.6) is 0 Å². The first-order valence-corrected chi connectivity index (χ1v) is 8.47. The van der Waals surface area contributed by atoms with Gasteiger partial charge in [-0.3, -0.25) is 4.79 Å². The Bertz CT molecular complexity index is 817. The van der Waals surface area contributed by atoms with Crippen molar-refractivity contribution in [2.45, 2.75) is 39.0 Å². The van der Waals surface area contributed by atoms with Crippen molar-refractivity contribution in [1.29, 1.82) is 0 Å². The van der Waals surface area contributed by atoms with Gasteiger partial charge >= 0.3 is 0 Å². The first-order valence-electron chi connectivity index (χ1n) is 8.47. The summed E-state index contributed by atoms with van der Waals surface area (Å²) in [5.74, 6) is 0.282. The number of rotatable bonds is 3. The maximum atomic E-state index is 13.1. The van der Waals surface area contributed by atoms with Crippen molar-refractivity contribution in [2.24, 2.45) is 0 Å². The highest BCUT2D eigenvalue weighted by atomic mass is 16.1. The highest BCUT2D eigenvalue weighted by Crippen LogP contribution is 2.33. The molecule has 1 aliphatic rings. The van der Waals surface area contributed by atoms with Crippen LogP contribution < -0.4 is 0 Å². The smallest absolute Gasteiger partial charge is 0.193 e. The second-order valence-corrected chi connectivity index (χ2v) is 7.54. The highest BCUT2D eigenvalue weighted by Gasteiger charge is 2.23. The van der Waals surface area contributed by atoms with Gasteiger partial charge in [0.2, 0.25) is 0 Å². The van der Waals surface area contributed by atoms with Crippen molar-refractivity contribution in [3.05, 3.63) is 94.6 Å². The Balaban J connectivity index is 2.13. The van der Waals surface area contributed by atoms with E-state index in [2.05, 4.69) is 64.1 Å². The molecule has 0 saturated carbocycles. The molecule has 0 N–H and O–H groups in total. The normalized spacial score (nSPS) is 17.0. The standard InChI is InChI=1S/C23H24O/c1-16-10-11-18(14-16)20-13-12-19(23(2,3)4)15-21(20)22(24)17-8-6-5-7-9-17/h5-15,18H,1-4H3. The third-order valence-corrected chi connectivity index (χ3v) is 4.57. The maximum Gasteiger partial charge on any atom is 0.193 e. The fourth-order valence-corrected chi connectivity index (χ4v) is 3.10. The van der Waals surface area contributed by atoms with E-state index < -0.39 is 0 Å². The first-order chi connectivity index (χ1) is 11.4. The number of hydrogen-bond donors (Lipinski definition) is 0. The molecular weight excluding hydrogens is 292 g/mol. The summed E-state index contributed by atoms with van der Waals surface area (Å²) in [6, 6.07) is 15.9. The molecule has 0 aliphatic heterocycles. The third-order valence-electron chi connectivity index (χ3n) is 4.57. The molecule has 1 nitrogen and oxygen atoms in total. The minimum absolute atomic E-state index is 0.0154. The largest absolute Gasteiger partial charge is 0.289 e. The van der Waals surface area contributed by atoms with Gasteiger partial charge < -0.3 is 0 Å². The van der Waals surface area contributed by atoms with Gasteiger partial charge in [0.25, 0.3) is 0 Å². The number of hydrogen-bond acceptors (Lipinski definition) is 1. The van der Waals surface area contributed by atoms with E-state index in [-0.39, 0.29) is 17.1 Å². The Labute approximate surface area is 144 Å². The van der Waals surface area contributed by atoms with Gasteiger partial charge in [0.05, 0.1) is 0 Å². The van der Waals surface area contributed by atoms with Crippen molar-refractivity contribution in [3.63, 3.8) is 0 Å². The molecule has 0 aromatic heterocycles. The Morgan fingerprint density at radius 1 is 1.00 bits per heavy atom. The van der Waals surface area contributed by atoms with E-state index in [1.807, 2.05) is 30.3 Å². The van der Waals surface area contributed by atoms with Crippen molar-refractivity contribution in [1.82, 2.24) is 0 Å². The van der Waals surface area contributed by atoms with Crippen LogP contribution in [-0.2, 0) is 5.41 Å². The fourth-order valence-electron chi connectivity index (χ4n) is 3.10. The minimum Gasteiger partial charge on any atom is -0.289 e. The molecule has 1 atom stereocenters. The Hall–Kier alpha value is -2.41. The molecule has 0 spiro atoms. The van der Waals surface area contributed by atoms with Crippen LogP contribution in [0.2, 0.25) is 0 Å². The average Bonchev–Trinajstić information content (AvgIpc) is 3.00. The topological polar surface area (TPSA) is 17.1 Å². The molecule has 122 valence electrons. The second kappa shape index (κ2) is 6.24. The summed E-state index contributed by atoms with van der Waals surface area (Å²) < 4.78 is 0. The van der Waals surface area contributed by atoms with Gasteiger partial charge in [0.1, 0.15) is 0 Å². The van der Waals surface area contributed by atoms with Crippen molar-refractivity contribution in [2.75, 3.05) is 0 Å². The SMILES string of the molecule is CC1=CC(c2ccc(C(C)(C)C)cc2C(=O)c2ccccc2)C=C1. The van der Waals surface area contributed by atoms with Crippen molar-refractivity contribution < 1.29 is 4.79 Å². The third kappa shape index (κ3) is 3.26. The van der Waals surface area contributed by atoms with Crippen LogP contribution in [0, 0.1) is 0 Å². The van der Waals surface area contributed by atoms with Crippen LogP contribution in [0.3, 0.4) is 0 Å². The number of allylic oxidation sites excluding steroid dienone is 4. The lowest BCUT2D eigenvalue weighted by Crippen LogP contribution is -2.15. The van der Waals surface area contributed by atoms with E-state index in [9.17, 15) is 4.79 Å². The highest BCUT2D eigenvalue weighted by molar-refractivity contribution is 6.10. The summed E-state index contributed by atoms with van der Waals surface area (Å²) in [6.07, 6.45) is 6.51. The molecule has 24 heavy (non-hydrogen) atoms. The molecule has 2 aromatic rings. The lowest BCUT2D eigenvalue weighted by Gasteiger charge is -2.22. The molecule has 0 bridgehead atoms. The van der Waals surface area contributed by atoms with E-state index in [0.717, 1.165) is 16.7 Å². The minimum atomic E-state index is 0.0154. The Kier molecular flexibility index (Phi) is 4.28. The molecule has 0 amide bonds. The zero-order chi connectivity index (χ0) is 17.3. The lowest BCUT2D eigenvalue weighted by molar-refractivity contribution is 0.103. The molecule has 0 radical (unpaired) electrons. The zero-order valence-corrected chi connectivity index (χ0v) is 14.8. The molecule has 0 heterocycles. The maximum absolute atomic E-state index is 13.1. The van der Waals surface area contributed by atoms with E-state index in [4.69, 9.17) is 0 Å². The zero-order valence-electron chi connectivity index (χ0n) is 14.8. The van der Waals surface area contributed by atoms with E-state index in [1.54, 1.807) is 0 Å². The van der Waals surface area contributed by atoms with E-state index >= 15 is 0 Å². The molecule has 1 aliphatic carbocycles. The summed E-state index contributed by atoms with van der Waals surface area (Å²) in [5, 5.41) is 0. The fraction of sp³-hybridized carbons (Fsp3) is 0.261. The predicted octanol–water partition coefficient (Wildman–Crippen LogP) is 5.81. The van der Waals surface area contributed by atoms with Gasteiger partial charge in [0.15, 0.2) is 5.78 Å². The van der Waals surface area contributed by atoms with Crippen LogP contribution in [0.1, 0.15) is 60.7 Å². The van der Waals surface area contributed by atoms with Gasteiger partial charge in [-0.05, 0) is 29.5 Å². The predicted molar refractivity (Wildman–Crippen MR) is 101 cm³/mol. The molecule has 3 rings (SSSR count). The lowest BCUT2D eigenvalue weighted by atomic mass is 9.82. The van der Waals surface area contributed by atoms with E-state index in [1.165, 1.54) is 11.1 Å². The summed E-state index contributed by atoms with van der Waals surface area (Å²) in [6.45, 7) is 8.63. The van der Waals surface area contributed by atoms with Crippen molar-refractivity contribution >= 4 is 5.78 Å². The van der Waals surface area contributed by atoms with Crippen LogP contribution in [0.4, 0.5) is 0 Å². The number of carbonyl (C=O) groups excluding carboxylic acids is 1. The molecule has 2 aromatic carbocycles. The quantitative estimate of drug-likeness (QED) is 0.653. The summed E-state index contributed by atoms with van der Waals surface area (Å²) in [4.78, 5) is 13.1. The molecular formula is C23H24O. The van der Waals surface area contributed by atoms with Gasteiger partial charge in [-0.1, -0.05) is 87.0 Å². The van der Waals surface area contributed by atoms with Gasteiger partial charge in [0, 0.05) is 17.0 Å². The molecule has 0 saturated heterocycles. The number of ketones is 1. The van der Waals surface area contributed by atoms with E-state index in [0.29, 0.717) is 0 Å².